The SMILES string of the molecule is Br.OC1(c2cccc(Cl)c2)C(CCc2ccccc2)SC2=NCCCN21. The van der Waals surface area contributed by atoms with Crippen molar-refractivity contribution in [2.75, 3.05) is 13.1 Å². The molecule has 4 rings (SSSR count). The normalized spacial score (nSPS) is 24.6. The second kappa shape index (κ2) is 8.34. The molecule has 26 heavy (non-hydrogen) atoms. The molecule has 2 aliphatic rings. The molecule has 6 heteroatoms. The Morgan fingerprint density at radius 3 is 2.77 bits per heavy atom. The van der Waals surface area contributed by atoms with Crippen LogP contribution in [0.2, 0.25) is 5.02 Å². The van der Waals surface area contributed by atoms with Crippen LogP contribution in [0.3, 0.4) is 0 Å². The Bertz CT molecular complexity index is 788. The zero-order valence-electron chi connectivity index (χ0n) is 14.3. The highest BCUT2D eigenvalue weighted by atomic mass is 79.9. The van der Waals surface area contributed by atoms with Gasteiger partial charge in [-0.3, -0.25) is 4.99 Å². The van der Waals surface area contributed by atoms with E-state index in [-0.39, 0.29) is 22.2 Å². The molecule has 0 spiro atoms. The van der Waals surface area contributed by atoms with Gasteiger partial charge in [-0.15, -0.1) is 17.0 Å². The van der Waals surface area contributed by atoms with Crippen molar-refractivity contribution in [1.29, 1.82) is 0 Å². The van der Waals surface area contributed by atoms with E-state index in [0.29, 0.717) is 5.02 Å². The molecular weight excluding hydrogens is 432 g/mol. The molecule has 2 atom stereocenters. The fraction of sp³-hybridized carbons (Fsp3) is 0.350. The van der Waals surface area contributed by atoms with E-state index in [0.717, 1.165) is 43.1 Å². The van der Waals surface area contributed by atoms with E-state index in [9.17, 15) is 5.11 Å². The summed E-state index contributed by atoms with van der Waals surface area (Å²) in [5.74, 6) is 0. The second-order valence-corrected chi connectivity index (χ2v) is 8.14. The molecule has 1 N–H and O–H groups in total. The topological polar surface area (TPSA) is 35.8 Å². The molecule has 2 unspecified atom stereocenters. The Kier molecular flexibility index (Phi) is 6.33. The summed E-state index contributed by atoms with van der Waals surface area (Å²) in [4.78, 5) is 6.72. The van der Waals surface area contributed by atoms with Crippen molar-refractivity contribution in [3.05, 3.63) is 70.7 Å². The minimum absolute atomic E-state index is 0. The molecule has 0 bridgehead atoms. The van der Waals surface area contributed by atoms with Gasteiger partial charge in [-0.1, -0.05) is 65.8 Å². The van der Waals surface area contributed by atoms with E-state index in [1.807, 2.05) is 30.3 Å². The number of hydrogen-bond acceptors (Lipinski definition) is 4. The molecule has 1 fully saturated rings. The Balaban J connectivity index is 0.00000196. The summed E-state index contributed by atoms with van der Waals surface area (Å²) in [5, 5.41) is 13.4. The number of rotatable bonds is 4. The van der Waals surface area contributed by atoms with Crippen LogP contribution in [0.4, 0.5) is 0 Å². The second-order valence-electron chi connectivity index (χ2n) is 6.54. The van der Waals surface area contributed by atoms with Gasteiger partial charge in [0.25, 0.3) is 0 Å². The Morgan fingerprint density at radius 2 is 2.00 bits per heavy atom. The van der Waals surface area contributed by atoms with E-state index < -0.39 is 5.72 Å². The number of nitrogens with zero attached hydrogens (tertiary/aromatic N) is 2. The van der Waals surface area contributed by atoms with Gasteiger partial charge in [0.05, 0.1) is 5.25 Å². The number of amidine groups is 1. The smallest absolute Gasteiger partial charge is 0.178 e. The van der Waals surface area contributed by atoms with Crippen molar-refractivity contribution >= 4 is 45.5 Å². The Hall–Kier alpha value is -1.01. The lowest BCUT2D eigenvalue weighted by atomic mass is 9.93. The minimum Gasteiger partial charge on any atom is -0.366 e. The minimum atomic E-state index is -1.05. The summed E-state index contributed by atoms with van der Waals surface area (Å²) in [5.41, 5.74) is 1.10. The molecule has 0 aliphatic carbocycles. The molecule has 3 nitrogen and oxygen atoms in total. The maximum atomic E-state index is 11.8. The van der Waals surface area contributed by atoms with Gasteiger partial charge in [-0.05, 0) is 37.0 Å². The van der Waals surface area contributed by atoms with Crippen LogP contribution in [0.25, 0.3) is 0 Å². The average molecular weight is 454 g/mol. The third-order valence-electron chi connectivity index (χ3n) is 4.91. The molecule has 0 radical (unpaired) electrons. The number of thioether (sulfide) groups is 1. The number of hydrogen-bond donors (Lipinski definition) is 1. The van der Waals surface area contributed by atoms with Gasteiger partial charge in [0.2, 0.25) is 0 Å². The van der Waals surface area contributed by atoms with Crippen molar-refractivity contribution in [3.8, 4) is 0 Å². The first kappa shape index (κ1) is 19.7. The number of aliphatic hydroxyl groups is 1. The quantitative estimate of drug-likeness (QED) is 0.717. The summed E-state index contributed by atoms with van der Waals surface area (Å²) < 4.78 is 0. The van der Waals surface area contributed by atoms with Gasteiger partial charge in [0.15, 0.2) is 10.9 Å². The summed E-state index contributed by atoms with van der Waals surface area (Å²) in [7, 11) is 0. The fourth-order valence-corrected chi connectivity index (χ4v) is 5.28. The zero-order valence-corrected chi connectivity index (χ0v) is 17.6. The van der Waals surface area contributed by atoms with Crippen LogP contribution in [-0.2, 0) is 12.1 Å². The van der Waals surface area contributed by atoms with E-state index in [1.165, 1.54) is 5.56 Å². The third kappa shape index (κ3) is 3.68. The van der Waals surface area contributed by atoms with Crippen molar-refractivity contribution in [2.24, 2.45) is 4.99 Å². The van der Waals surface area contributed by atoms with E-state index in [2.05, 4.69) is 34.2 Å². The monoisotopic (exact) mass is 452 g/mol. The van der Waals surface area contributed by atoms with Crippen molar-refractivity contribution in [1.82, 2.24) is 4.90 Å². The average Bonchev–Trinajstić information content (AvgIpc) is 2.94. The van der Waals surface area contributed by atoms with Crippen LogP contribution >= 0.6 is 40.3 Å². The summed E-state index contributed by atoms with van der Waals surface area (Å²) in [6, 6.07) is 18.1. The largest absolute Gasteiger partial charge is 0.366 e. The fourth-order valence-electron chi connectivity index (χ4n) is 3.65. The number of aryl methyl sites for hydroxylation is 1. The lowest BCUT2D eigenvalue weighted by molar-refractivity contribution is -0.0734. The predicted molar refractivity (Wildman–Crippen MR) is 115 cm³/mol. The summed E-state index contributed by atoms with van der Waals surface area (Å²) in [6.07, 6.45) is 2.79. The maximum absolute atomic E-state index is 11.8. The lowest BCUT2D eigenvalue weighted by Crippen LogP contribution is -2.50. The molecule has 2 aromatic rings. The van der Waals surface area contributed by atoms with Gasteiger partial charge >= 0.3 is 0 Å². The number of aliphatic imine (C=N–C) groups is 1. The Labute approximate surface area is 174 Å². The van der Waals surface area contributed by atoms with Gasteiger partial charge < -0.3 is 10.0 Å². The van der Waals surface area contributed by atoms with E-state index in [4.69, 9.17) is 11.6 Å². The van der Waals surface area contributed by atoms with Crippen LogP contribution in [0.1, 0.15) is 24.0 Å². The first-order valence-electron chi connectivity index (χ1n) is 8.69. The lowest BCUT2D eigenvalue weighted by Gasteiger charge is -2.39. The van der Waals surface area contributed by atoms with Gasteiger partial charge in [0, 0.05) is 23.7 Å². The molecular formula is C20H22BrClN2OS. The molecule has 2 heterocycles. The van der Waals surface area contributed by atoms with Crippen LogP contribution in [0.5, 0.6) is 0 Å². The van der Waals surface area contributed by atoms with Crippen LogP contribution < -0.4 is 0 Å². The van der Waals surface area contributed by atoms with Gasteiger partial charge in [-0.2, -0.15) is 0 Å². The first-order valence-corrected chi connectivity index (χ1v) is 9.95. The number of halogens is 2. The van der Waals surface area contributed by atoms with Crippen molar-refractivity contribution in [3.63, 3.8) is 0 Å². The molecule has 0 aromatic heterocycles. The van der Waals surface area contributed by atoms with Crippen LogP contribution in [0.15, 0.2) is 59.6 Å². The number of benzene rings is 2. The predicted octanol–water partition coefficient (Wildman–Crippen LogP) is 4.87. The number of fused-ring (bicyclic) bond motifs is 1. The van der Waals surface area contributed by atoms with E-state index >= 15 is 0 Å². The van der Waals surface area contributed by atoms with Crippen LogP contribution in [0, 0.1) is 0 Å². The van der Waals surface area contributed by atoms with E-state index in [1.54, 1.807) is 11.8 Å². The van der Waals surface area contributed by atoms with Crippen LogP contribution in [-0.4, -0.2) is 33.5 Å². The summed E-state index contributed by atoms with van der Waals surface area (Å²) in [6.45, 7) is 1.67. The zero-order chi connectivity index (χ0) is 17.3. The third-order valence-corrected chi connectivity index (χ3v) is 6.56. The maximum Gasteiger partial charge on any atom is 0.178 e. The van der Waals surface area contributed by atoms with Crippen molar-refractivity contribution in [2.45, 2.75) is 30.2 Å². The van der Waals surface area contributed by atoms with Gasteiger partial charge in [-0.25, -0.2) is 0 Å². The molecule has 0 amide bonds. The molecule has 1 saturated heterocycles. The molecule has 138 valence electrons. The first-order chi connectivity index (χ1) is 12.2. The Morgan fingerprint density at radius 1 is 1.19 bits per heavy atom. The highest BCUT2D eigenvalue weighted by Gasteiger charge is 2.52. The summed E-state index contributed by atoms with van der Waals surface area (Å²) >= 11 is 7.92. The van der Waals surface area contributed by atoms with Gasteiger partial charge in [0.1, 0.15) is 0 Å². The molecule has 2 aliphatic heterocycles. The highest BCUT2D eigenvalue weighted by molar-refractivity contribution is 8.93. The molecule has 2 aromatic carbocycles. The standard InChI is InChI=1S/C20H21ClN2OS.BrH/c21-17-9-4-8-16(14-17)20(24)18(11-10-15-6-2-1-3-7-15)25-19-22-12-5-13-23(19)20;/h1-4,6-9,14,18,24H,5,10-13H2;1H. The highest BCUT2D eigenvalue weighted by Crippen LogP contribution is 2.48. The van der Waals surface area contributed by atoms with Crippen molar-refractivity contribution < 1.29 is 5.11 Å². The molecule has 0 saturated carbocycles.